The van der Waals surface area contributed by atoms with E-state index in [9.17, 15) is 4.79 Å². The van der Waals surface area contributed by atoms with Crippen LogP contribution in [0.4, 0.5) is 10.5 Å². The Morgan fingerprint density at radius 2 is 1.93 bits per heavy atom. The van der Waals surface area contributed by atoms with Gasteiger partial charge < -0.3 is 20.1 Å². The quantitative estimate of drug-likeness (QED) is 0.668. The number of hydrogen-bond acceptors (Lipinski definition) is 5. The molecule has 0 bridgehead atoms. The van der Waals surface area contributed by atoms with Gasteiger partial charge in [-0.25, -0.2) is 4.79 Å². The lowest BCUT2D eigenvalue weighted by Gasteiger charge is -2.29. The molecule has 1 spiro atoms. The van der Waals surface area contributed by atoms with Crippen LogP contribution in [0.15, 0.2) is 35.0 Å². The summed E-state index contributed by atoms with van der Waals surface area (Å²) in [6, 6.07) is 7.67. The van der Waals surface area contributed by atoms with E-state index >= 15 is 0 Å². The normalized spacial score (nSPS) is 17.6. The summed E-state index contributed by atoms with van der Waals surface area (Å²) in [5.41, 5.74) is 1.94. The van der Waals surface area contributed by atoms with Crippen molar-refractivity contribution in [3.8, 4) is 11.5 Å². The molecule has 1 fully saturated rings. The molecule has 6 nitrogen and oxygen atoms in total. The zero-order valence-corrected chi connectivity index (χ0v) is 17.9. The van der Waals surface area contributed by atoms with Crippen molar-refractivity contribution in [1.82, 2.24) is 10.2 Å². The Bertz CT molecular complexity index is 830. The van der Waals surface area contributed by atoms with Crippen LogP contribution in [0, 0.1) is 0 Å². The molecule has 1 aliphatic heterocycles. The first-order valence-corrected chi connectivity index (χ1v) is 11.4. The number of ether oxygens (including phenoxy) is 2. The van der Waals surface area contributed by atoms with Gasteiger partial charge in [0.15, 0.2) is 11.5 Å². The maximum Gasteiger partial charge on any atom is 0.319 e. The first-order valence-electron chi connectivity index (χ1n) is 10.5. The summed E-state index contributed by atoms with van der Waals surface area (Å²) in [5.74, 6) is 0.988. The van der Waals surface area contributed by atoms with Crippen LogP contribution in [0.25, 0.3) is 0 Å². The summed E-state index contributed by atoms with van der Waals surface area (Å²) >= 11 is 1.68. The number of carbonyl (C=O) groups excluding carboxylic acids is 1. The van der Waals surface area contributed by atoms with Gasteiger partial charge in [0.05, 0.1) is 6.04 Å². The molecule has 1 atom stereocenters. The fourth-order valence-electron chi connectivity index (χ4n) is 4.24. The largest absolute Gasteiger partial charge is 0.448 e. The Morgan fingerprint density at radius 3 is 2.62 bits per heavy atom. The minimum Gasteiger partial charge on any atom is -0.448 e. The molecule has 2 N–H and O–H groups in total. The van der Waals surface area contributed by atoms with E-state index < -0.39 is 5.79 Å². The number of amides is 2. The van der Waals surface area contributed by atoms with Gasteiger partial charge in [-0.3, -0.25) is 4.90 Å². The predicted octanol–water partition coefficient (Wildman–Crippen LogP) is 4.99. The highest BCUT2D eigenvalue weighted by molar-refractivity contribution is 7.07. The Kier molecular flexibility index (Phi) is 5.96. The lowest BCUT2D eigenvalue weighted by Crippen LogP contribution is -2.39. The van der Waals surface area contributed by atoms with E-state index in [-0.39, 0.29) is 12.1 Å². The van der Waals surface area contributed by atoms with Crippen LogP contribution in [0.5, 0.6) is 11.5 Å². The molecule has 0 radical (unpaired) electrons. The van der Waals surface area contributed by atoms with E-state index in [1.165, 1.54) is 5.56 Å². The fraction of sp³-hybridized carbons (Fsp3) is 0.500. The summed E-state index contributed by atoms with van der Waals surface area (Å²) in [6.45, 7) is 6.71. The molecule has 1 aliphatic carbocycles. The second kappa shape index (κ2) is 8.63. The van der Waals surface area contributed by atoms with Gasteiger partial charge in [-0.1, -0.05) is 13.8 Å². The van der Waals surface area contributed by atoms with Crippen LogP contribution in [0.2, 0.25) is 0 Å². The first kappa shape index (κ1) is 20.0. The summed E-state index contributed by atoms with van der Waals surface area (Å²) in [4.78, 5) is 14.9. The van der Waals surface area contributed by atoms with E-state index in [4.69, 9.17) is 9.47 Å². The van der Waals surface area contributed by atoms with Gasteiger partial charge in [0.1, 0.15) is 0 Å². The smallest absolute Gasteiger partial charge is 0.319 e. The number of nitrogens with one attached hydrogen (secondary N) is 2. The van der Waals surface area contributed by atoms with Crippen molar-refractivity contribution in [2.24, 2.45) is 0 Å². The van der Waals surface area contributed by atoms with Gasteiger partial charge in [0.2, 0.25) is 0 Å². The van der Waals surface area contributed by atoms with Crippen LogP contribution < -0.4 is 20.1 Å². The van der Waals surface area contributed by atoms with Crippen molar-refractivity contribution in [2.45, 2.75) is 51.4 Å². The number of rotatable bonds is 7. The topological polar surface area (TPSA) is 62.8 Å². The maximum absolute atomic E-state index is 12.5. The zero-order chi connectivity index (χ0) is 20.3. The third kappa shape index (κ3) is 4.36. The van der Waals surface area contributed by atoms with E-state index in [0.29, 0.717) is 18.0 Å². The second-order valence-corrected chi connectivity index (χ2v) is 8.39. The number of benzene rings is 1. The van der Waals surface area contributed by atoms with Crippen LogP contribution in [-0.4, -0.2) is 36.4 Å². The Morgan fingerprint density at radius 1 is 1.17 bits per heavy atom. The number of nitrogens with zero attached hydrogens (tertiary/aromatic N) is 1. The molecule has 4 rings (SSSR count). The molecule has 1 aromatic heterocycles. The number of thiophene rings is 1. The monoisotopic (exact) mass is 415 g/mol. The van der Waals surface area contributed by atoms with Gasteiger partial charge in [0, 0.05) is 31.1 Å². The van der Waals surface area contributed by atoms with E-state index in [2.05, 4.69) is 46.2 Å². The molecule has 156 valence electrons. The lowest BCUT2D eigenvalue weighted by atomic mass is 10.1. The number of hydrogen-bond donors (Lipinski definition) is 2. The van der Waals surface area contributed by atoms with Crippen molar-refractivity contribution in [1.29, 1.82) is 0 Å². The number of likely N-dealkylation sites (N-methyl/N-ethyl adjacent to an activating group) is 1. The molecule has 29 heavy (non-hydrogen) atoms. The lowest BCUT2D eigenvalue weighted by molar-refractivity contribution is -0.0716. The van der Waals surface area contributed by atoms with Crippen LogP contribution in [0.3, 0.4) is 0 Å². The van der Waals surface area contributed by atoms with Gasteiger partial charge >= 0.3 is 6.03 Å². The molecule has 2 aromatic rings. The Hall–Kier alpha value is -2.25. The average molecular weight is 416 g/mol. The van der Waals surface area contributed by atoms with Crippen molar-refractivity contribution < 1.29 is 14.3 Å². The molecular formula is C22H29N3O3S. The van der Waals surface area contributed by atoms with Crippen molar-refractivity contribution in [3.63, 3.8) is 0 Å². The Labute approximate surface area is 176 Å². The third-order valence-electron chi connectivity index (χ3n) is 5.80. The highest BCUT2D eigenvalue weighted by atomic mass is 32.1. The van der Waals surface area contributed by atoms with Crippen LogP contribution in [-0.2, 0) is 0 Å². The van der Waals surface area contributed by atoms with Crippen molar-refractivity contribution >= 4 is 23.1 Å². The highest BCUT2D eigenvalue weighted by Crippen LogP contribution is 2.47. The van der Waals surface area contributed by atoms with Gasteiger partial charge in [-0.05, 0) is 60.5 Å². The third-order valence-corrected chi connectivity index (χ3v) is 6.50. The van der Waals surface area contributed by atoms with Crippen LogP contribution in [0.1, 0.15) is 51.1 Å². The van der Waals surface area contributed by atoms with Gasteiger partial charge in [-0.2, -0.15) is 11.3 Å². The fourth-order valence-corrected chi connectivity index (χ4v) is 4.95. The SMILES string of the molecule is CCN(CC)C(CNC(=O)Nc1ccc2c(c1)OC1(CCCC1)O2)c1ccsc1. The number of fused-ring (bicyclic) bond motifs is 1. The van der Waals surface area contributed by atoms with E-state index in [1.54, 1.807) is 11.3 Å². The minimum absolute atomic E-state index is 0.168. The number of anilines is 1. The second-order valence-electron chi connectivity index (χ2n) is 7.61. The number of urea groups is 1. The van der Waals surface area contributed by atoms with Crippen LogP contribution >= 0.6 is 11.3 Å². The summed E-state index contributed by atoms with van der Waals surface area (Å²) in [7, 11) is 0. The summed E-state index contributed by atoms with van der Waals surface area (Å²) < 4.78 is 12.1. The molecular weight excluding hydrogens is 386 g/mol. The standard InChI is InChI=1S/C22H29N3O3S/c1-3-25(4-2)18(16-9-12-29-15-16)14-23-21(26)24-17-7-8-19-20(13-17)28-22(27-19)10-5-6-11-22/h7-9,12-13,15,18H,3-6,10-11,14H2,1-2H3,(H2,23,24,26). The molecule has 1 unspecified atom stereocenters. The first-order chi connectivity index (χ1) is 14.1. The predicted molar refractivity (Wildman–Crippen MR) is 116 cm³/mol. The van der Waals surface area contributed by atoms with Crippen molar-refractivity contribution in [2.75, 3.05) is 25.0 Å². The molecule has 0 saturated heterocycles. The molecule has 2 aliphatic rings. The molecule has 1 aromatic carbocycles. The zero-order valence-electron chi connectivity index (χ0n) is 17.1. The summed E-state index contributed by atoms with van der Waals surface area (Å²) in [6.07, 6.45) is 4.08. The highest BCUT2D eigenvalue weighted by Gasteiger charge is 2.44. The number of carbonyl (C=O) groups is 1. The molecule has 7 heteroatoms. The maximum atomic E-state index is 12.5. The van der Waals surface area contributed by atoms with Gasteiger partial charge in [-0.15, -0.1) is 0 Å². The van der Waals surface area contributed by atoms with Gasteiger partial charge in [0.25, 0.3) is 5.79 Å². The minimum atomic E-state index is -0.485. The molecule has 2 heterocycles. The molecule has 1 saturated carbocycles. The summed E-state index contributed by atoms with van der Waals surface area (Å²) in [5, 5.41) is 10.2. The molecule has 2 amide bonds. The van der Waals surface area contributed by atoms with Crippen molar-refractivity contribution in [3.05, 3.63) is 40.6 Å². The van der Waals surface area contributed by atoms with E-state index in [1.807, 2.05) is 18.2 Å². The Balaban J connectivity index is 1.36. The van der Waals surface area contributed by atoms with E-state index in [0.717, 1.165) is 44.5 Å². The average Bonchev–Trinajstić information content (AvgIpc) is 3.46.